The normalized spacial score (nSPS) is 9.65. The molecule has 4 aromatic rings. The minimum Gasteiger partial charge on any atom is -0.396 e. The first-order chi connectivity index (χ1) is 20.9. The van der Waals surface area contributed by atoms with Crippen LogP contribution in [0.1, 0.15) is 25.3 Å². The molecule has 3 heterocycles. The average molecular weight is 623 g/mol. The highest BCUT2D eigenvalue weighted by atomic mass is 32.2. The Hall–Kier alpha value is -4.70. The number of thiazole rings is 1. The fraction of sp³-hybridized carbons (Fsp3) is 0.176. The van der Waals surface area contributed by atoms with Crippen LogP contribution in [0.5, 0.6) is 0 Å². The van der Waals surface area contributed by atoms with Gasteiger partial charge in [0.2, 0.25) is 0 Å². The highest BCUT2D eigenvalue weighted by molar-refractivity contribution is 7.87. The number of aliphatic imine (C=N–C) groups is 1. The molecular weight excluding hydrogens is 593 g/mol. The number of anilines is 1. The average Bonchev–Trinajstić information content (AvgIpc) is 3.69. The number of fused-ring (bicyclic) bond motifs is 1. The van der Waals surface area contributed by atoms with Crippen LogP contribution >= 0.6 is 22.7 Å². The summed E-state index contributed by atoms with van der Waals surface area (Å²) < 4.78 is 13.5. The molecule has 3 aromatic heterocycles. The Morgan fingerprint density at radius 2 is 1.79 bits per heavy atom. The predicted molar refractivity (Wildman–Crippen MR) is 181 cm³/mol. The molecule has 0 amide bonds. The van der Waals surface area contributed by atoms with Crippen LogP contribution in [-0.2, 0) is 17.4 Å². The van der Waals surface area contributed by atoms with Gasteiger partial charge in [-0.05, 0) is 77.9 Å². The van der Waals surface area contributed by atoms with Crippen molar-refractivity contribution in [2.45, 2.75) is 30.6 Å². The quantitative estimate of drug-likeness (QED) is 0.163. The summed E-state index contributed by atoms with van der Waals surface area (Å²) in [4.78, 5) is 13.4. The van der Waals surface area contributed by atoms with Gasteiger partial charge in [0.15, 0.2) is 0 Å². The Labute approximate surface area is 262 Å². The lowest BCUT2D eigenvalue weighted by molar-refractivity contribution is 0.282. The van der Waals surface area contributed by atoms with E-state index in [1.54, 1.807) is 13.2 Å². The summed E-state index contributed by atoms with van der Waals surface area (Å²) in [7, 11) is 0.468. The molecule has 1 unspecified atom stereocenters. The van der Waals surface area contributed by atoms with Crippen molar-refractivity contribution in [3.8, 4) is 21.8 Å². The number of hydrogen-bond acceptors (Lipinski definition) is 8. The molecule has 216 valence electrons. The molecule has 1 atom stereocenters. The second-order valence-corrected chi connectivity index (χ2v) is 11.8. The number of benzene rings is 1. The third kappa shape index (κ3) is 10.6. The van der Waals surface area contributed by atoms with Crippen molar-refractivity contribution in [3.63, 3.8) is 0 Å². The standard InChI is InChI=1S/C21H21N3O2S3.C7H4.C6H5N/c1-2-3-9-29(26)21-18(22)17-15(14-6-4-5-13(10-14)12-25)11-16(24-20(17)28-21)19-23-7-8-27-19;1-3-5-7-6-4-2;1-3-4-5-6-7-2/h4-8,10-11,25H,2-3,9,12,22H2,1H3;1-2H2;1H2,2H3. The number of pyridine rings is 1. The summed E-state index contributed by atoms with van der Waals surface area (Å²) in [5.41, 5.74) is 29.8. The molecule has 0 saturated heterocycles. The van der Waals surface area contributed by atoms with Crippen LogP contribution in [-0.4, -0.2) is 38.0 Å². The largest absolute Gasteiger partial charge is 0.396 e. The van der Waals surface area contributed by atoms with Gasteiger partial charge in [-0.3, -0.25) is 4.21 Å². The second-order valence-electron chi connectivity index (χ2n) is 8.13. The van der Waals surface area contributed by atoms with Crippen molar-refractivity contribution >= 4 is 55.2 Å². The second kappa shape index (κ2) is 19.4. The first-order valence-corrected chi connectivity index (χ1v) is 15.8. The smallest absolute Gasteiger partial charge is 0.141 e. The van der Waals surface area contributed by atoms with Gasteiger partial charge < -0.3 is 10.8 Å². The lowest BCUT2D eigenvalue weighted by Crippen LogP contribution is -1.99. The van der Waals surface area contributed by atoms with Crippen molar-refractivity contribution in [1.29, 1.82) is 0 Å². The maximum atomic E-state index is 12.8. The van der Waals surface area contributed by atoms with Gasteiger partial charge in [-0.15, -0.1) is 22.7 Å². The Kier molecular flexibility index (Phi) is 15.6. The minimum atomic E-state index is -1.14. The molecule has 0 bridgehead atoms. The summed E-state index contributed by atoms with van der Waals surface area (Å²) >= 11 is 2.93. The lowest BCUT2D eigenvalue weighted by atomic mass is 10.00. The molecular formula is C34H30N4O2S3. The van der Waals surface area contributed by atoms with Gasteiger partial charge in [0.25, 0.3) is 0 Å². The monoisotopic (exact) mass is 622 g/mol. The van der Waals surface area contributed by atoms with E-state index in [4.69, 9.17) is 10.7 Å². The number of nitrogen functional groups attached to an aromatic ring is 1. The number of thiophene rings is 1. The zero-order valence-electron chi connectivity index (χ0n) is 24.0. The van der Waals surface area contributed by atoms with E-state index in [2.05, 4.69) is 88.4 Å². The van der Waals surface area contributed by atoms with Crippen molar-refractivity contribution in [2.75, 3.05) is 18.5 Å². The topological polar surface area (TPSA) is 101 Å². The van der Waals surface area contributed by atoms with E-state index in [-0.39, 0.29) is 6.61 Å². The number of rotatable bonds is 7. The molecule has 0 radical (unpaired) electrons. The van der Waals surface area contributed by atoms with Crippen LogP contribution in [0.15, 0.2) is 117 Å². The summed E-state index contributed by atoms with van der Waals surface area (Å²) in [5.74, 6) is 3.01. The van der Waals surface area contributed by atoms with Crippen molar-refractivity contribution in [3.05, 3.63) is 113 Å². The van der Waals surface area contributed by atoms with Crippen LogP contribution in [0.25, 0.3) is 32.0 Å². The number of aliphatic hydroxyl groups is 1. The van der Waals surface area contributed by atoms with Gasteiger partial charge in [0.05, 0.1) is 23.1 Å². The van der Waals surface area contributed by atoms with E-state index in [0.717, 1.165) is 50.5 Å². The molecule has 0 aliphatic heterocycles. The van der Waals surface area contributed by atoms with Crippen molar-refractivity contribution < 1.29 is 9.32 Å². The zero-order valence-corrected chi connectivity index (χ0v) is 26.4. The summed E-state index contributed by atoms with van der Waals surface area (Å²) in [6.45, 7) is 11.8. The van der Waals surface area contributed by atoms with Gasteiger partial charge in [0.1, 0.15) is 19.7 Å². The van der Waals surface area contributed by atoms with Gasteiger partial charge in [-0.2, -0.15) is 0 Å². The molecule has 3 N–H and O–H groups in total. The summed E-state index contributed by atoms with van der Waals surface area (Å²) in [5, 5.41) is 13.1. The van der Waals surface area contributed by atoms with E-state index in [1.165, 1.54) is 22.7 Å². The van der Waals surface area contributed by atoms with E-state index < -0.39 is 10.8 Å². The molecule has 9 heteroatoms. The maximum Gasteiger partial charge on any atom is 0.141 e. The SMILES string of the molecule is C=C=C=C=C=C=C.C=C=C=C=C=NC.CCCCS(=O)c1sc2nc(-c3nccs3)cc(-c3cccc(CO)c3)c2c1N. The molecule has 4 rings (SSSR count). The Morgan fingerprint density at radius 3 is 2.40 bits per heavy atom. The van der Waals surface area contributed by atoms with Gasteiger partial charge in [-0.25, -0.2) is 15.0 Å². The van der Waals surface area contributed by atoms with E-state index >= 15 is 0 Å². The number of hydrogen-bond donors (Lipinski definition) is 2. The molecule has 0 spiro atoms. The molecule has 43 heavy (non-hydrogen) atoms. The Balaban J connectivity index is 0.000000384. The van der Waals surface area contributed by atoms with Gasteiger partial charge >= 0.3 is 0 Å². The maximum absolute atomic E-state index is 12.8. The van der Waals surface area contributed by atoms with Crippen molar-refractivity contribution in [1.82, 2.24) is 9.97 Å². The first kappa shape index (κ1) is 34.5. The molecule has 0 aliphatic rings. The number of aliphatic hydroxyl groups excluding tert-OH is 1. The molecule has 0 fully saturated rings. The summed E-state index contributed by atoms with van der Waals surface area (Å²) in [6, 6.07) is 9.72. The van der Waals surface area contributed by atoms with Gasteiger partial charge in [-0.1, -0.05) is 48.7 Å². The van der Waals surface area contributed by atoms with Crippen LogP contribution in [0, 0.1) is 0 Å². The fourth-order valence-corrected chi connectivity index (χ4v) is 6.80. The van der Waals surface area contributed by atoms with Crippen LogP contribution in [0.3, 0.4) is 0 Å². The van der Waals surface area contributed by atoms with Crippen LogP contribution in [0.2, 0.25) is 0 Å². The number of nitrogens with zero attached hydrogens (tertiary/aromatic N) is 3. The zero-order chi connectivity index (χ0) is 31.5. The fourth-order valence-electron chi connectivity index (χ4n) is 3.41. The molecule has 1 aromatic carbocycles. The van der Waals surface area contributed by atoms with E-state index in [1.807, 2.05) is 35.7 Å². The number of nitrogens with two attached hydrogens (primary N) is 1. The van der Waals surface area contributed by atoms with Crippen LogP contribution in [0.4, 0.5) is 5.69 Å². The minimum absolute atomic E-state index is 0.0349. The third-order valence-corrected chi connectivity index (χ3v) is 9.04. The van der Waals surface area contributed by atoms with Crippen LogP contribution < -0.4 is 5.73 Å². The molecule has 0 saturated carbocycles. The third-order valence-electron chi connectivity index (χ3n) is 5.25. The predicted octanol–water partition coefficient (Wildman–Crippen LogP) is 7.58. The first-order valence-electron chi connectivity index (χ1n) is 12.8. The Bertz CT molecular complexity index is 1900. The van der Waals surface area contributed by atoms with Crippen molar-refractivity contribution in [2.24, 2.45) is 4.99 Å². The number of aromatic nitrogens is 2. The van der Waals surface area contributed by atoms with Gasteiger partial charge in [0, 0.05) is 41.4 Å². The Morgan fingerprint density at radius 1 is 1.07 bits per heavy atom. The van der Waals surface area contributed by atoms with E-state index in [9.17, 15) is 9.32 Å². The van der Waals surface area contributed by atoms with E-state index in [0.29, 0.717) is 15.6 Å². The highest BCUT2D eigenvalue weighted by Gasteiger charge is 2.21. The molecule has 6 nitrogen and oxygen atoms in total. The highest BCUT2D eigenvalue weighted by Crippen LogP contribution is 2.43. The number of unbranched alkanes of at least 4 members (excludes halogenated alkanes) is 1. The molecule has 0 aliphatic carbocycles. The summed E-state index contributed by atoms with van der Waals surface area (Å²) in [6.07, 6.45) is 3.64. The lowest BCUT2D eigenvalue weighted by Gasteiger charge is -2.09.